The summed E-state index contributed by atoms with van der Waals surface area (Å²) in [6, 6.07) is 20.3. The second-order valence-corrected chi connectivity index (χ2v) is 16.3. The highest BCUT2D eigenvalue weighted by atomic mass is 32.2. The summed E-state index contributed by atoms with van der Waals surface area (Å²) in [6.07, 6.45) is 2.11. The minimum Gasteiger partial charge on any atom is -0.404 e. The number of primary sulfonamides is 1. The van der Waals surface area contributed by atoms with Gasteiger partial charge in [0.25, 0.3) is 8.32 Å². The average Bonchev–Trinajstić information content (AvgIpc) is 2.76. The molecule has 3 atom stereocenters. The first kappa shape index (κ1) is 27.3. The summed E-state index contributed by atoms with van der Waals surface area (Å²) >= 11 is 0. The second-order valence-electron chi connectivity index (χ2n) is 10.3. The fourth-order valence-electron chi connectivity index (χ4n) is 4.97. The van der Waals surface area contributed by atoms with Crippen molar-refractivity contribution >= 4 is 40.9 Å². The van der Waals surface area contributed by atoms with Crippen LogP contribution in [0.4, 0.5) is 0 Å². The maximum absolute atomic E-state index is 12.9. The molecule has 3 rings (SSSR count). The van der Waals surface area contributed by atoms with E-state index in [4.69, 9.17) is 9.56 Å². The molecule has 0 aliphatic heterocycles. The minimum absolute atomic E-state index is 0.0458. The van der Waals surface area contributed by atoms with Crippen molar-refractivity contribution in [2.24, 2.45) is 17.0 Å². The molecule has 2 unspecified atom stereocenters. The molecule has 0 aromatic heterocycles. The van der Waals surface area contributed by atoms with Gasteiger partial charge in [0.15, 0.2) is 0 Å². The van der Waals surface area contributed by atoms with E-state index in [0.717, 1.165) is 29.5 Å². The standard InChI is InChI=1S/C26H36N2O5SSi/c1-26(2,3)35(21-10-6-4-7-11-21,22-12-8-5-9-13-22)33-24(23-15-14-20(23)19-29)18-25(30)28-16-17-34(27,31)32/h4-13,19-20,23-24H,14-18H2,1-3H3,(H,28,30)(H2,27,31,32)/t20?,23-,24?/m0/s1. The number of aldehydes is 1. The van der Waals surface area contributed by atoms with Crippen LogP contribution >= 0.6 is 0 Å². The van der Waals surface area contributed by atoms with Gasteiger partial charge in [-0.3, -0.25) is 4.79 Å². The lowest BCUT2D eigenvalue weighted by Crippen LogP contribution is -2.68. The molecular formula is C26H36N2O5SSi. The largest absolute Gasteiger partial charge is 0.404 e. The maximum atomic E-state index is 12.9. The zero-order chi connectivity index (χ0) is 25.7. The second kappa shape index (κ2) is 11.2. The fraction of sp³-hybridized carbons (Fsp3) is 0.462. The van der Waals surface area contributed by atoms with E-state index >= 15 is 0 Å². The number of sulfonamides is 1. The number of nitrogens with one attached hydrogen (secondary N) is 1. The van der Waals surface area contributed by atoms with Gasteiger partial charge in [0.2, 0.25) is 15.9 Å². The van der Waals surface area contributed by atoms with Crippen molar-refractivity contribution in [1.29, 1.82) is 0 Å². The predicted molar refractivity (Wildman–Crippen MR) is 140 cm³/mol. The zero-order valence-electron chi connectivity index (χ0n) is 20.6. The van der Waals surface area contributed by atoms with E-state index in [2.05, 4.69) is 50.4 Å². The molecule has 2 aromatic carbocycles. The van der Waals surface area contributed by atoms with Gasteiger partial charge in [-0.15, -0.1) is 0 Å². The summed E-state index contributed by atoms with van der Waals surface area (Å²) in [7, 11) is -6.62. The van der Waals surface area contributed by atoms with Crippen LogP contribution in [-0.4, -0.2) is 47.3 Å². The third-order valence-electron chi connectivity index (χ3n) is 6.88. The van der Waals surface area contributed by atoms with E-state index in [9.17, 15) is 18.0 Å². The van der Waals surface area contributed by atoms with E-state index in [1.807, 2.05) is 36.4 Å². The molecule has 1 saturated carbocycles. The Morgan fingerprint density at radius 3 is 2.03 bits per heavy atom. The summed E-state index contributed by atoms with van der Waals surface area (Å²) in [6.45, 7) is 6.44. The van der Waals surface area contributed by atoms with E-state index in [1.54, 1.807) is 0 Å². The average molecular weight is 517 g/mol. The number of nitrogens with two attached hydrogens (primary N) is 1. The summed E-state index contributed by atoms with van der Waals surface area (Å²) in [5, 5.41) is 9.64. The molecule has 9 heteroatoms. The normalized spacial score (nSPS) is 19.4. The number of amides is 1. The Balaban J connectivity index is 2.01. The first-order valence-corrected chi connectivity index (χ1v) is 15.6. The first-order valence-electron chi connectivity index (χ1n) is 12.0. The monoisotopic (exact) mass is 516 g/mol. The van der Waals surface area contributed by atoms with E-state index in [-0.39, 0.29) is 41.5 Å². The van der Waals surface area contributed by atoms with Gasteiger partial charge < -0.3 is 14.5 Å². The molecule has 7 nitrogen and oxygen atoms in total. The summed E-state index contributed by atoms with van der Waals surface area (Å²) < 4.78 is 29.7. The van der Waals surface area contributed by atoms with Crippen molar-refractivity contribution in [2.45, 2.75) is 51.2 Å². The van der Waals surface area contributed by atoms with Crippen molar-refractivity contribution in [3.8, 4) is 0 Å². The lowest BCUT2D eigenvalue weighted by atomic mass is 9.71. The molecule has 1 aliphatic rings. The Morgan fingerprint density at radius 2 is 1.63 bits per heavy atom. The highest BCUT2D eigenvalue weighted by Crippen LogP contribution is 2.43. The van der Waals surface area contributed by atoms with Crippen molar-refractivity contribution in [2.75, 3.05) is 12.3 Å². The zero-order valence-corrected chi connectivity index (χ0v) is 22.5. The van der Waals surface area contributed by atoms with Crippen LogP contribution in [0.5, 0.6) is 0 Å². The highest BCUT2D eigenvalue weighted by molar-refractivity contribution is 7.89. The Labute approximate surface area is 209 Å². The maximum Gasteiger partial charge on any atom is 0.261 e. The highest BCUT2D eigenvalue weighted by Gasteiger charge is 2.53. The molecule has 1 fully saturated rings. The minimum atomic E-state index is -3.68. The Morgan fingerprint density at radius 1 is 1.09 bits per heavy atom. The van der Waals surface area contributed by atoms with Crippen LogP contribution in [0.1, 0.15) is 40.0 Å². The molecule has 2 aromatic rings. The Kier molecular flexibility index (Phi) is 8.69. The van der Waals surface area contributed by atoms with Crippen molar-refractivity contribution < 1.29 is 22.4 Å². The number of hydrogen-bond donors (Lipinski definition) is 2. The van der Waals surface area contributed by atoms with Crippen LogP contribution in [-0.2, 0) is 24.0 Å². The van der Waals surface area contributed by atoms with Crippen LogP contribution in [0.25, 0.3) is 0 Å². The Hall–Kier alpha value is -2.33. The topological polar surface area (TPSA) is 116 Å². The molecule has 0 bridgehead atoms. The lowest BCUT2D eigenvalue weighted by molar-refractivity contribution is -0.127. The number of benzene rings is 2. The fourth-order valence-corrected chi connectivity index (χ4v) is 10.1. The molecule has 1 amide bonds. The molecule has 0 saturated heterocycles. The lowest BCUT2D eigenvalue weighted by Gasteiger charge is -2.49. The molecule has 0 radical (unpaired) electrons. The first-order chi connectivity index (χ1) is 16.5. The molecule has 0 spiro atoms. The van der Waals surface area contributed by atoms with E-state index in [0.29, 0.717) is 0 Å². The SMILES string of the molecule is CC(C)(C)[Si](OC(CC(=O)NCCS(N)(=O)=O)[C@H]1CCC1C=O)(c1ccccc1)c1ccccc1. The molecule has 3 N–H and O–H groups in total. The molecule has 0 heterocycles. The molecule has 1 aliphatic carbocycles. The van der Waals surface area contributed by atoms with Gasteiger partial charge >= 0.3 is 0 Å². The molecule has 35 heavy (non-hydrogen) atoms. The summed E-state index contributed by atoms with van der Waals surface area (Å²) in [4.78, 5) is 24.6. The van der Waals surface area contributed by atoms with Crippen molar-refractivity contribution in [3.63, 3.8) is 0 Å². The van der Waals surface area contributed by atoms with Crippen LogP contribution < -0.4 is 20.8 Å². The van der Waals surface area contributed by atoms with Gasteiger partial charge in [-0.05, 0) is 34.2 Å². The summed E-state index contributed by atoms with van der Waals surface area (Å²) in [5.41, 5.74) is 0. The van der Waals surface area contributed by atoms with Crippen LogP contribution in [0.3, 0.4) is 0 Å². The van der Waals surface area contributed by atoms with Gasteiger partial charge in [0, 0.05) is 12.5 Å². The number of rotatable bonds is 11. The quantitative estimate of drug-likeness (QED) is 0.350. The molecular weight excluding hydrogens is 480 g/mol. The van der Waals surface area contributed by atoms with Crippen molar-refractivity contribution in [3.05, 3.63) is 60.7 Å². The van der Waals surface area contributed by atoms with E-state index < -0.39 is 24.4 Å². The summed E-state index contributed by atoms with van der Waals surface area (Å²) in [5.74, 6) is -0.874. The van der Waals surface area contributed by atoms with Gasteiger partial charge in [-0.25, -0.2) is 13.6 Å². The van der Waals surface area contributed by atoms with Gasteiger partial charge in [0.1, 0.15) is 6.29 Å². The van der Waals surface area contributed by atoms with Gasteiger partial charge in [0.05, 0.1) is 18.3 Å². The van der Waals surface area contributed by atoms with Gasteiger partial charge in [-0.1, -0.05) is 81.4 Å². The molecule has 190 valence electrons. The van der Waals surface area contributed by atoms with Crippen LogP contribution in [0.2, 0.25) is 5.04 Å². The van der Waals surface area contributed by atoms with E-state index in [1.165, 1.54) is 0 Å². The van der Waals surface area contributed by atoms with Crippen molar-refractivity contribution in [1.82, 2.24) is 5.32 Å². The number of hydrogen-bond acceptors (Lipinski definition) is 5. The Bertz CT molecular complexity index is 1060. The van der Waals surface area contributed by atoms with Crippen LogP contribution in [0.15, 0.2) is 60.7 Å². The van der Waals surface area contributed by atoms with Crippen LogP contribution in [0, 0.1) is 11.8 Å². The smallest absolute Gasteiger partial charge is 0.261 e. The number of carbonyl (C=O) groups excluding carboxylic acids is 2. The third-order valence-corrected chi connectivity index (χ3v) is 12.7. The van der Waals surface area contributed by atoms with Gasteiger partial charge in [-0.2, -0.15) is 0 Å². The number of carbonyl (C=O) groups is 2. The predicted octanol–water partition coefficient (Wildman–Crippen LogP) is 1.95. The third kappa shape index (κ3) is 6.46.